The molecule has 0 spiro atoms. The molecule has 0 aliphatic heterocycles. The minimum Gasteiger partial charge on any atom is -0.415 e. The van der Waals surface area contributed by atoms with E-state index in [4.69, 9.17) is 0 Å². The normalized spacial score (nSPS) is 11.1. The highest BCUT2D eigenvalue weighted by molar-refractivity contribution is 5.50. The number of halogens is 3. The summed E-state index contributed by atoms with van der Waals surface area (Å²) in [5, 5.41) is 3.59. The van der Waals surface area contributed by atoms with Crippen LogP contribution >= 0.6 is 0 Å². The van der Waals surface area contributed by atoms with Crippen LogP contribution in [0.1, 0.15) is 0 Å². The Morgan fingerprint density at radius 3 is 2.86 bits per heavy atom. The number of nitrogens with zero attached hydrogens (tertiary/aromatic N) is 2. The molecule has 3 nitrogen and oxygen atoms in total. The summed E-state index contributed by atoms with van der Waals surface area (Å²) >= 11 is 0. The van der Waals surface area contributed by atoms with E-state index in [1.54, 1.807) is 0 Å². The van der Waals surface area contributed by atoms with Crippen LogP contribution in [0.15, 0.2) is 24.4 Å². The maximum atomic E-state index is 13.0. The number of rotatable bonds is 2. The molecule has 0 unspecified atom stereocenters. The molecule has 0 atom stereocenters. The quantitative estimate of drug-likeness (QED) is 0.745. The summed E-state index contributed by atoms with van der Waals surface area (Å²) in [6.45, 7) is -2.96. The van der Waals surface area contributed by atoms with Crippen LogP contribution in [0.2, 0.25) is 0 Å². The zero-order chi connectivity index (χ0) is 10.1. The maximum absolute atomic E-state index is 13.0. The van der Waals surface area contributed by atoms with Gasteiger partial charge in [0.05, 0.1) is 0 Å². The summed E-state index contributed by atoms with van der Waals surface area (Å²) in [6.07, 6.45) is 1.44. The molecule has 0 saturated heterocycles. The Balaban J connectivity index is 2.46. The van der Waals surface area contributed by atoms with Crippen LogP contribution < -0.4 is 4.74 Å². The number of alkyl halides is 2. The predicted octanol–water partition coefficient (Wildman–Crippen LogP) is 2.07. The van der Waals surface area contributed by atoms with E-state index in [0.29, 0.717) is 0 Å². The van der Waals surface area contributed by atoms with Crippen LogP contribution in [0.25, 0.3) is 5.52 Å². The zero-order valence-corrected chi connectivity index (χ0v) is 6.82. The van der Waals surface area contributed by atoms with Crippen molar-refractivity contribution in [3.8, 4) is 5.88 Å². The van der Waals surface area contributed by atoms with Gasteiger partial charge in [-0.3, -0.25) is 0 Å². The summed E-state index contributed by atoms with van der Waals surface area (Å²) in [5.74, 6) is -0.839. The summed E-state index contributed by atoms with van der Waals surface area (Å²) in [7, 11) is 0. The lowest BCUT2D eigenvalue weighted by Crippen LogP contribution is -2.02. The van der Waals surface area contributed by atoms with Crippen molar-refractivity contribution in [3.05, 3.63) is 30.2 Å². The lowest BCUT2D eigenvalue weighted by molar-refractivity contribution is -0.0529. The molecule has 2 aromatic heterocycles. The van der Waals surface area contributed by atoms with Crippen molar-refractivity contribution in [3.63, 3.8) is 0 Å². The molecule has 0 aliphatic carbocycles. The van der Waals surface area contributed by atoms with E-state index in [-0.39, 0.29) is 11.4 Å². The summed E-state index contributed by atoms with van der Waals surface area (Å²) in [6, 6.07) is 3.74. The van der Waals surface area contributed by atoms with Gasteiger partial charge in [-0.05, 0) is 12.1 Å². The average Bonchev–Trinajstić information content (AvgIpc) is 2.47. The molecule has 0 aliphatic rings. The molecule has 0 radical (unpaired) electrons. The van der Waals surface area contributed by atoms with Crippen molar-refractivity contribution in [1.29, 1.82) is 0 Å². The first-order valence-electron chi connectivity index (χ1n) is 3.75. The zero-order valence-electron chi connectivity index (χ0n) is 6.82. The highest BCUT2D eigenvalue weighted by Gasteiger charge is 2.10. The van der Waals surface area contributed by atoms with Gasteiger partial charge < -0.3 is 4.74 Å². The van der Waals surface area contributed by atoms with Crippen LogP contribution in [-0.4, -0.2) is 16.2 Å². The van der Waals surface area contributed by atoms with E-state index >= 15 is 0 Å². The Morgan fingerprint density at radius 1 is 1.43 bits per heavy atom. The molecule has 2 aromatic rings. The molecule has 0 fully saturated rings. The van der Waals surface area contributed by atoms with Crippen LogP contribution in [0.5, 0.6) is 5.88 Å². The fraction of sp³-hybridized carbons (Fsp3) is 0.125. The Bertz CT molecular complexity index is 455. The Hall–Kier alpha value is -1.72. The number of pyridine rings is 1. The first kappa shape index (κ1) is 8.86. The lowest BCUT2D eigenvalue weighted by atomic mass is 10.4. The molecule has 0 saturated carbocycles. The van der Waals surface area contributed by atoms with Gasteiger partial charge >= 0.3 is 6.61 Å². The minimum absolute atomic E-state index is 0.100. The van der Waals surface area contributed by atoms with Crippen LogP contribution in [-0.2, 0) is 0 Å². The van der Waals surface area contributed by atoms with E-state index in [9.17, 15) is 13.2 Å². The molecular formula is C8H5F3N2O. The van der Waals surface area contributed by atoms with Crippen molar-refractivity contribution < 1.29 is 17.9 Å². The van der Waals surface area contributed by atoms with Gasteiger partial charge in [-0.2, -0.15) is 8.78 Å². The van der Waals surface area contributed by atoms with Crippen molar-refractivity contribution in [2.75, 3.05) is 0 Å². The second-order valence-electron chi connectivity index (χ2n) is 2.55. The fourth-order valence-electron chi connectivity index (χ4n) is 1.11. The molecule has 2 rings (SSSR count). The van der Waals surface area contributed by atoms with Gasteiger partial charge in [0.2, 0.25) is 5.88 Å². The molecule has 0 aromatic carbocycles. The van der Waals surface area contributed by atoms with E-state index < -0.39 is 12.4 Å². The van der Waals surface area contributed by atoms with Crippen LogP contribution in [0.4, 0.5) is 13.2 Å². The van der Waals surface area contributed by atoms with Gasteiger partial charge in [0.25, 0.3) is 0 Å². The van der Waals surface area contributed by atoms with Gasteiger partial charge in [0.1, 0.15) is 11.3 Å². The third-order valence-corrected chi connectivity index (χ3v) is 1.64. The smallest absolute Gasteiger partial charge is 0.388 e. The van der Waals surface area contributed by atoms with Gasteiger partial charge in [0.15, 0.2) is 0 Å². The third-order valence-electron chi connectivity index (χ3n) is 1.64. The van der Waals surface area contributed by atoms with Crippen molar-refractivity contribution in [2.24, 2.45) is 0 Å². The van der Waals surface area contributed by atoms with Crippen LogP contribution in [0, 0.1) is 5.82 Å². The first-order valence-corrected chi connectivity index (χ1v) is 3.75. The largest absolute Gasteiger partial charge is 0.415 e. The van der Waals surface area contributed by atoms with Crippen molar-refractivity contribution in [2.45, 2.75) is 6.61 Å². The Labute approximate surface area is 76.7 Å². The van der Waals surface area contributed by atoms with E-state index in [1.807, 2.05) is 0 Å². The SMILES string of the molecule is Fc1cccn2nc(OC(F)F)cc12. The van der Waals surface area contributed by atoms with Crippen molar-refractivity contribution in [1.82, 2.24) is 9.61 Å². The summed E-state index contributed by atoms with van der Waals surface area (Å²) < 4.78 is 41.8. The second kappa shape index (κ2) is 3.21. The number of hydrogen-bond acceptors (Lipinski definition) is 2. The third kappa shape index (κ3) is 1.50. The highest BCUT2D eigenvalue weighted by atomic mass is 19.3. The van der Waals surface area contributed by atoms with Gasteiger partial charge in [-0.25, -0.2) is 8.91 Å². The molecule has 2 heterocycles. The number of fused-ring (bicyclic) bond motifs is 1. The van der Waals surface area contributed by atoms with E-state index in [0.717, 1.165) is 10.6 Å². The minimum atomic E-state index is -2.96. The molecule has 6 heteroatoms. The number of ether oxygens (including phenoxy) is 1. The first-order chi connectivity index (χ1) is 6.66. The Morgan fingerprint density at radius 2 is 2.21 bits per heavy atom. The monoisotopic (exact) mass is 202 g/mol. The number of aromatic nitrogens is 2. The molecule has 74 valence electrons. The van der Waals surface area contributed by atoms with E-state index in [1.165, 1.54) is 18.3 Å². The standard InChI is InChI=1S/C8H5F3N2O/c9-5-2-1-3-13-6(5)4-7(12-13)14-8(10)11/h1-4,8H. The lowest BCUT2D eigenvalue weighted by Gasteiger charge is -1.96. The molecule has 0 N–H and O–H groups in total. The van der Waals surface area contributed by atoms with Crippen molar-refractivity contribution >= 4 is 5.52 Å². The molecule has 14 heavy (non-hydrogen) atoms. The fourth-order valence-corrected chi connectivity index (χ4v) is 1.11. The van der Waals surface area contributed by atoms with Gasteiger partial charge in [0, 0.05) is 12.3 Å². The van der Waals surface area contributed by atoms with E-state index in [2.05, 4.69) is 9.84 Å². The molecular weight excluding hydrogens is 197 g/mol. The van der Waals surface area contributed by atoms with Gasteiger partial charge in [-0.1, -0.05) is 0 Å². The van der Waals surface area contributed by atoms with Crippen LogP contribution in [0.3, 0.4) is 0 Å². The summed E-state index contributed by atoms with van der Waals surface area (Å²) in [4.78, 5) is 0. The average molecular weight is 202 g/mol. The molecule has 0 amide bonds. The summed E-state index contributed by atoms with van der Waals surface area (Å²) in [5.41, 5.74) is 0.100. The molecule has 0 bridgehead atoms. The maximum Gasteiger partial charge on any atom is 0.388 e. The Kier molecular flexibility index (Phi) is 2.03. The van der Waals surface area contributed by atoms with Gasteiger partial charge in [-0.15, -0.1) is 5.10 Å². The predicted molar refractivity (Wildman–Crippen MR) is 41.8 cm³/mol. The second-order valence-corrected chi connectivity index (χ2v) is 2.55. The topological polar surface area (TPSA) is 26.5 Å². The number of hydrogen-bond donors (Lipinski definition) is 0. The highest BCUT2D eigenvalue weighted by Crippen LogP contribution is 2.17.